The lowest BCUT2D eigenvalue weighted by atomic mass is 10.0. The molecule has 1 aliphatic carbocycles. The molecule has 1 rings (SSSR count). The van der Waals surface area contributed by atoms with Crippen molar-refractivity contribution in [2.75, 3.05) is 12.3 Å². The van der Waals surface area contributed by atoms with Crippen LogP contribution in [-0.4, -0.2) is 18.0 Å². The number of rotatable bonds is 7. The van der Waals surface area contributed by atoms with Crippen LogP contribution in [0.15, 0.2) is 0 Å². The average molecular weight is 228 g/mol. The summed E-state index contributed by atoms with van der Waals surface area (Å²) in [6.07, 6.45) is 16.6. The molecule has 0 spiro atoms. The van der Waals surface area contributed by atoms with Gasteiger partial charge in [-0.15, -0.1) is 7.92 Å². The zero-order valence-corrected chi connectivity index (χ0v) is 11.7. The van der Waals surface area contributed by atoms with Gasteiger partial charge in [-0.2, -0.15) is 0 Å². The molecule has 1 atom stereocenters. The fourth-order valence-corrected chi connectivity index (χ4v) is 5.71. The fourth-order valence-electron chi connectivity index (χ4n) is 2.79. The molecule has 0 aromatic heterocycles. The van der Waals surface area contributed by atoms with E-state index < -0.39 is 0 Å². The first-order valence-electron chi connectivity index (χ1n) is 7.12. The highest BCUT2D eigenvalue weighted by atomic mass is 31.1. The molecular formula is C14H29P. The van der Waals surface area contributed by atoms with Gasteiger partial charge in [0.05, 0.1) is 0 Å². The van der Waals surface area contributed by atoms with Crippen molar-refractivity contribution in [1.29, 1.82) is 0 Å². The van der Waals surface area contributed by atoms with Crippen molar-refractivity contribution in [3.63, 3.8) is 0 Å². The van der Waals surface area contributed by atoms with Crippen LogP contribution in [0.2, 0.25) is 0 Å². The van der Waals surface area contributed by atoms with Gasteiger partial charge in [0.1, 0.15) is 0 Å². The van der Waals surface area contributed by atoms with Crippen LogP contribution in [0.1, 0.15) is 71.6 Å². The van der Waals surface area contributed by atoms with E-state index >= 15 is 0 Å². The minimum absolute atomic E-state index is 0.407. The minimum atomic E-state index is 0.407. The third kappa shape index (κ3) is 5.34. The largest absolute Gasteiger partial charge is 0.104 e. The Hall–Kier alpha value is 0.430. The SMILES string of the molecule is CCCCCCP(CC)C1CCCCC1. The zero-order chi connectivity index (χ0) is 10.9. The van der Waals surface area contributed by atoms with Gasteiger partial charge in [-0.05, 0) is 37.2 Å². The van der Waals surface area contributed by atoms with Gasteiger partial charge in [-0.25, -0.2) is 0 Å². The van der Waals surface area contributed by atoms with Gasteiger partial charge in [0.15, 0.2) is 0 Å². The molecule has 1 saturated carbocycles. The molecule has 1 fully saturated rings. The molecule has 1 unspecified atom stereocenters. The summed E-state index contributed by atoms with van der Waals surface area (Å²) in [6, 6.07) is 0. The van der Waals surface area contributed by atoms with E-state index in [0.717, 1.165) is 5.66 Å². The maximum Gasteiger partial charge on any atom is -0.0209 e. The van der Waals surface area contributed by atoms with Gasteiger partial charge in [0.25, 0.3) is 0 Å². The summed E-state index contributed by atoms with van der Waals surface area (Å²) in [6.45, 7) is 4.74. The maximum absolute atomic E-state index is 2.43. The van der Waals surface area contributed by atoms with Gasteiger partial charge in [0, 0.05) is 0 Å². The van der Waals surface area contributed by atoms with Crippen molar-refractivity contribution < 1.29 is 0 Å². The highest BCUT2D eigenvalue weighted by Crippen LogP contribution is 2.48. The molecule has 0 aliphatic heterocycles. The van der Waals surface area contributed by atoms with Gasteiger partial charge in [0.2, 0.25) is 0 Å². The Balaban J connectivity index is 2.15. The second kappa shape index (κ2) is 8.57. The van der Waals surface area contributed by atoms with E-state index in [0.29, 0.717) is 7.92 Å². The Bertz CT molecular complexity index is 138. The third-order valence-corrected chi connectivity index (χ3v) is 7.05. The number of hydrogen-bond donors (Lipinski definition) is 0. The van der Waals surface area contributed by atoms with Crippen LogP contribution in [0.25, 0.3) is 0 Å². The molecule has 0 amide bonds. The summed E-state index contributed by atoms with van der Waals surface area (Å²) in [5.74, 6) is 0. The second-order valence-electron chi connectivity index (χ2n) is 4.98. The minimum Gasteiger partial charge on any atom is -0.104 e. The maximum atomic E-state index is 2.43. The van der Waals surface area contributed by atoms with E-state index in [9.17, 15) is 0 Å². The molecule has 90 valence electrons. The Morgan fingerprint density at radius 1 is 0.933 bits per heavy atom. The van der Waals surface area contributed by atoms with Crippen LogP contribution in [0.4, 0.5) is 0 Å². The van der Waals surface area contributed by atoms with E-state index in [1.165, 1.54) is 51.1 Å². The zero-order valence-electron chi connectivity index (χ0n) is 10.8. The molecule has 0 heterocycles. The number of unbranched alkanes of at least 4 members (excludes halogenated alkanes) is 3. The quantitative estimate of drug-likeness (QED) is 0.404. The van der Waals surface area contributed by atoms with Crippen molar-refractivity contribution in [3.8, 4) is 0 Å². The highest BCUT2D eigenvalue weighted by molar-refractivity contribution is 7.58. The van der Waals surface area contributed by atoms with Crippen molar-refractivity contribution in [1.82, 2.24) is 0 Å². The van der Waals surface area contributed by atoms with Gasteiger partial charge in [-0.3, -0.25) is 0 Å². The molecule has 0 bridgehead atoms. The smallest absolute Gasteiger partial charge is 0.0209 e. The topological polar surface area (TPSA) is 0 Å². The molecular weight excluding hydrogens is 199 g/mol. The van der Waals surface area contributed by atoms with Crippen LogP contribution in [-0.2, 0) is 0 Å². The molecule has 0 aromatic carbocycles. The Labute approximate surface area is 98.0 Å². The molecule has 0 nitrogen and oxygen atoms in total. The molecule has 0 saturated heterocycles. The van der Waals surface area contributed by atoms with E-state index in [2.05, 4.69) is 13.8 Å². The summed E-state index contributed by atoms with van der Waals surface area (Å²) < 4.78 is 0. The van der Waals surface area contributed by atoms with Crippen molar-refractivity contribution >= 4 is 7.92 Å². The Morgan fingerprint density at radius 2 is 1.67 bits per heavy atom. The molecule has 0 radical (unpaired) electrons. The third-order valence-electron chi connectivity index (χ3n) is 3.80. The summed E-state index contributed by atoms with van der Waals surface area (Å²) in [5.41, 5.74) is 1.15. The summed E-state index contributed by atoms with van der Waals surface area (Å²) in [5, 5.41) is 0. The first-order chi connectivity index (χ1) is 7.38. The predicted octanol–water partition coefficient (Wildman–Crippen LogP) is 5.40. The fraction of sp³-hybridized carbons (Fsp3) is 1.00. The van der Waals surface area contributed by atoms with Crippen LogP contribution < -0.4 is 0 Å². The number of hydrogen-bond acceptors (Lipinski definition) is 0. The lowest BCUT2D eigenvalue weighted by Gasteiger charge is -2.30. The standard InChI is InChI=1S/C14H29P/c1-3-5-6-10-13-15(4-2)14-11-8-7-9-12-14/h14H,3-13H2,1-2H3. The Morgan fingerprint density at radius 3 is 2.27 bits per heavy atom. The Kier molecular flexibility index (Phi) is 7.71. The average Bonchev–Trinajstić information content (AvgIpc) is 2.30. The molecule has 1 aliphatic rings. The van der Waals surface area contributed by atoms with Crippen LogP contribution in [0.3, 0.4) is 0 Å². The van der Waals surface area contributed by atoms with Gasteiger partial charge < -0.3 is 0 Å². The lowest BCUT2D eigenvalue weighted by molar-refractivity contribution is 0.509. The normalized spacial score (nSPS) is 20.4. The van der Waals surface area contributed by atoms with Crippen molar-refractivity contribution in [2.24, 2.45) is 0 Å². The first kappa shape index (κ1) is 13.5. The summed E-state index contributed by atoms with van der Waals surface area (Å²) in [7, 11) is 0.407. The van der Waals surface area contributed by atoms with E-state index in [4.69, 9.17) is 0 Å². The molecule has 0 N–H and O–H groups in total. The molecule has 15 heavy (non-hydrogen) atoms. The van der Waals surface area contributed by atoms with E-state index in [-0.39, 0.29) is 0 Å². The second-order valence-corrected chi connectivity index (χ2v) is 7.97. The van der Waals surface area contributed by atoms with E-state index in [1.54, 1.807) is 19.0 Å². The summed E-state index contributed by atoms with van der Waals surface area (Å²) >= 11 is 0. The van der Waals surface area contributed by atoms with Crippen LogP contribution in [0.5, 0.6) is 0 Å². The van der Waals surface area contributed by atoms with Crippen LogP contribution in [0, 0.1) is 0 Å². The van der Waals surface area contributed by atoms with Gasteiger partial charge in [-0.1, -0.05) is 52.4 Å². The predicted molar refractivity (Wildman–Crippen MR) is 73.3 cm³/mol. The van der Waals surface area contributed by atoms with Crippen molar-refractivity contribution in [3.05, 3.63) is 0 Å². The van der Waals surface area contributed by atoms with Crippen LogP contribution >= 0.6 is 7.92 Å². The van der Waals surface area contributed by atoms with Gasteiger partial charge >= 0.3 is 0 Å². The van der Waals surface area contributed by atoms with E-state index in [1.807, 2.05) is 0 Å². The van der Waals surface area contributed by atoms with Crippen molar-refractivity contribution in [2.45, 2.75) is 77.3 Å². The first-order valence-corrected chi connectivity index (χ1v) is 8.90. The lowest BCUT2D eigenvalue weighted by Crippen LogP contribution is -2.13. The molecule has 0 aromatic rings. The molecule has 1 heteroatoms. The monoisotopic (exact) mass is 228 g/mol. The summed E-state index contributed by atoms with van der Waals surface area (Å²) in [4.78, 5) is 0. The highest BCUT2D eigenvalue weighted by Gasteiger charge is 2.20.